The Morgan fingerprint density at radius 2 is 2.24 bits per heavy atom. The molecule has 1 aromatic rings. The first-order chi connectivity index (χ1) is 8.19. The number of methoxy groups -OCH3 is 1. The highest BCUT2D eigenvalue weighted by molar-refractivity contribution is 5.50. The van der Waals surface area contributed by atoms with Crippen molar-refractivity contribution in [2.75, 3.05) is 20.3 Å². The molecule has 0 radical (unpaired) electrons. The second-order valence-corrected chi connectivity index (χ2v) is 3.11. The van der Waals surface area contributed by atoms with E-state index in [4.69, 9.17) is 15.2 Å². The third-order valence-corrected chi connectivity index (χ3v) is 2.00. The number of ether oxygens (including phenoxy) is 2. The van der Waals surface area contributed by atoms with Crippen molar-refractivity contribution >= 4 is 5.69 Å². The molecule has 0 saturated heterocycles. The van der Waals surface area contributed by atoms with Gasteiger partial charge in [-0.15, -0.1) is 0 Å². The minimum atomic E-state index is -0.512. The van der Waals surface area contributed by atoms with Gasteiger partial charge in [0.1, 0.15) is 12.4 Å². The van der Waals surface area contributed by atoms with Gasteiger partial charge in [-0.3, -0.25) is 10.1 Å². The molecule has 0 heterocycles. The molecule has 2 N–H and O–H groups in total. The Balaban J connectivity index is 2.78. The summed E-state index contributed by atoms with van der Waals surface area (Å²) in [6.07, 6.45) is 3.49. The van der Waals surface area contributed by atoms with E-state index >= 15 is 0 Å². The molecule has 92 valence electrons. The van der Waals surface area contributed by atoms with Crippen LogP contribution in [0.5, 0.6) is 11.5 Å². The van der Waals surface area contributed by atoms with E-state index in [-0.39, 0.29) is 11.4 Å². The van der Waals surface area contributed by atoms with E-state index in [1.165, 1.54) is 19.2 Å². The largest absolute Gasteiger partial charge is 0.490 e. The van der Waals surface area contributed by atoms with Gasteiger partial charge in [0.25, 0.3) is 0 Å². The number of nitro benzene ring substituents is 1. The Bertz CT molecular complexity index is 418. The van der Waals surface area contributed by atoms with Crippen molar-refractivity contribution in [3.63, 3.8) is 0 Å². The van der Waals surface area contributed by atoms with Crippen LogP contribution < -0.4 is 15.2 Å². The van der Waals surface area contributed by atoms with Crippen LogP contribution in [0.15, 0.2) is 30.4 Å². The molecule has 1 aromatic carbocycles. The zero-order chi connectivity index (χ0) is 12.7. The summed E-state index contributed by atoms with van der Waals surface area (Å²) in [6.45, 7) is 0.757. The molecule has 0 aliphatic carbocycles. The maximum absolute atomic E-state index is 10.7. The molecule has 0 aromatic heterocycles. The molecule has 0 aliphatic rings. The summed E-state index contributed by atoms with van der Waals surface area (Å²) in [5.74, 6) is 0.624. The number of nitrogens with two attached hydrogens (primary N) is 1. The van der Waals surface area contributed by atoms with E-state index in [0.717, 1.165) is 0 Å². The number of hydrogen-bond donors (Lipinski definition) is 1. The minimum absolute atomic E-state index is 0.118. The Morgan fingerprint density at radius 1 is 1.47 bits per heavy atom. The SMILES string of the molecule is COc1ccc(OC/C=C/CN)cc1[N+](=O)[O-]. The molecule has 17 heavy (non-hydrogen) atoms. The van der Waals surface area contributed by atoms with Gasteiger partial charge in [0.05, 0.1) is 18.1 Å². The lowest BCUT2D eigenvalue weighted by Crippen LogP contribution is -1.98. The molecule has 0 spiro atoms. The molecule has 0 amide bonds. The van der Waals surface area contributed by atoms with Gasteiger partial charge in [-0.1, -0.05) is 12.2 Å². The number of hydrogen-bond acceptors (Lipinski definition) is 5. The van der Waals surface area contributed by atoms with Crippen LogP contribution in [-0.4, -0.2) is 25.2 Å². The van der Waals surface area contributed by atoms with Crippen LogP contribution in [0, 0.1) is 10.1 Å². The zero-order valence-electron chi connectivity index (χ0n) is 9.46. The summed E-state index contributed by atoms with van der Waals surface area (Å²) in [7, 11) is 1.38. The maximum Gasteiger partial charge on any atom is 0.314 e. The minimum Gasteiger partial charge on any atom is -0.490 e. The molecule has 1 rings (SSSR count). The predicted octanol–water partition coefficient (Wildman–Crippen LogP) is 1.50. The molecular formula is C11H14N2O4. The van der Waals surface area contributed by atoms with Crippen molar-refractivity contribution in [3.8, 4) is 11.5 Å². The van der Waals surface area contributed by atoms with Gasteiger partial charge in [0.2, 0.25) is 0 Å². The third kappa shape index (κ3) is 3.76. The van der Waals surface area contributed by atoms with Gasteiger partial charge in [0.15, 0.2) is 5.75 Å². The molecule has 0 unspecified atom stereocenters. The Morgan fingerprint density at radius 3 is 2.82 bits per heavy atom. The van der Waals surface area contributed by atoms with E-state index in [2.05, 4.69) is 0 Å². The van der Waals surface area contributed by atoms with E-state index in [1.54, 1.807) is 18.2 Å². The summed E-state index contributed by atoms with van der Waals surface area (Å²) in [6, 6.07) is 4.44. The highest BCUT2D eigenvalue weighted by Gasteiger charge is 2.15. The van der Waals surface area contributed by atoms with Gasteiger partial charge < -0.3 is 15.2 Å². The standard InChI is InChI=1S/C11H14N2O4/c1-16-11-5-4-9(8-10(11)13(14)15)17-7-3-2-6-12/h2-5,8H,6-7,12H2,1H3/b3-2+. The van der Waals surface area contributed by atoms with Crippen LogP contribution in [0.2, 0.25) is 0 Å². The fourth-order valence-corrected chi connectivity index (χ4v) is 1.21. The second kappa shape index (κ2) is 6.49. The normalized spacial score (nSPS) is 10.5. The summed E-state index contributed by atoms with van der Waals surface area (Å²) in [5.41, 5.74) is 5.14. The summed E-state index contributed by atoms with van der Waals surface area (Å²) >= 11 is 0. The van der Waals surface area contributed by atoms with Crippen molar-refractivity contribution in [1.29, 1.82) is 0 Å². The molecule has 0 atom stereocenters. The highest BCUT2D eigenvalue weighted by Crippen LogP contribution is 2.30. The van der Waals surface area contributed by atoms with E-state index in [9.17, 15) is 10.1 Å². The van der Waals surface area contributed by atoms with E-state index in [1.807, 2.05) is 0 Å². The summed E-state index contributed by atoms with van der Waals surface area (Å²) in [5, 5.41) is 10.7. The summed E-state index contributed by atoms with van der Waals surface area (Å²) < 4.78 is 10.2. The van der Waals surface area contributed by atoms with Crippen molar-refractivity contribution in [2.45, 2.75) is 0 Å². The van der Waals surface area contributed by atoms with Crippen LogP contribution in [0.1, 0.15) is 0 Å². The molecule has 6 nitrogen and oxygen atoms in total. The Hall–Kier alpha value is -2.08. The second-order valence-electron chi connectivity index (χ2n) is 3.11. The third-order valence-electron chi connectivity index (χ3n) is 2.00. The van der Waals surface area contributed by atoms with Gasteiger partial charge in [-0.25, -0.2) is 0 Å². The number of rotatable bonds is 6. The lowest BCUT2D eigenvalue weighted by Gasteiger charge is -2.05. The highest BCUT2D eigenvalue weighted by atomic mass is 16.6. The van der Waals surface area contributed by atoms with Crippen molar-refractivity contribution in [1.82, 2.24) is 0 Å². The van der Waals surface area contributed by atoms with Gasteiger partial charge in [-0.2, -0.15) is 0 Å². The smallest absolute Gasteiger partial charge is 0.314 e. The van der Waals surface area contributed by atoms with Crippen LogP contribution >= 0.6 is 0 Å². The first kappa shape index (κ1) is 13.0. The lowest BCUT2D eigenvalue weighted by molar-refractivity contribution is -0.385. The molecule has 0 bridgehead atoms. The lowest BCUT2D eigenvalue weighted by atomic mass is 10.3. The fraction of sp³-hybridized carbons (Fsp3) is 0.273. The average Bonchev–Trinajstić information content (AvgIpc) is 2.34. The first-order valence-corrected chi connectivity index (χ1v) is 4.99. The topological polar surface area (TPSA) is 87.6 Å². The Labute approximate surface area is 98.8 Å². The molecule has 0 fully saturated rings. The monoisotopic (exact) mass is 238 g/mol. The maximum atomic E-state index is 10.7. The first-order valence-electron chi connectivity index (χ1n) is 4.99. The molecule has 0 aliphatic heterocycles. The quantitative estimate of drug-likeness (QED) is 0.461. The van der Waals surface area contributed by atoms with E-state index < -0.39 is 4.92 Å². The zero-order valence-corrected chi connectivity index (χ0v) is 9.46. The predicted molar refractivity (Wildman–Crippen MR) is 63.3 cm³/mol. The number of benzene rings is 1. The van der Waals surface area contributed by atoms with Gasteiger partial charge in [-0.05, 0) is 12.1 Å². The average molecular weight is 238 g/mol. The summed E-state index contributed by atoms with van der Waals surface area (Å²) in [4.78, 5) is 10.2. The molecular weight excluding hydrogens is 224 g/mol. The van der Waals surface area contributed by atoms with Crippen LogP contribution in [-0.2, 0) is 0 Å². The fourth-order valence-electron chi connectivity index (χ4n) is 1.21. The van der Waals surface area contributed by atoms with Crippen LogP contribution in [0.4, 0.5) is 5.69 Å². The number of nitrogens with zero attached hydrogens (tertiary/aromatic N) is 1. The van der Waals surface area contributed by atoms with Gasteiger partial charge in [0, 0.05) is 6.54 Å². The molecule has 6 heteroatoms. The van der Waals surface area contributed by atoms with E-state index in [0.29, 0.717) is 18.9 Å². The van der Waals surface area contributed by atoms with Crippen molar-refractivity contribution < 1.29 is 14.4 Å². The molecule has 0 saturated carbocycles. The number of nitro groups is 1. The van der Waals surface area contributed by atoms with Gasteiger partial charge >= 0.3 is 5.69 Å². The van der Waals surface area contributed by atoms with Crippen LogP contribution in [0.3, 0.4) is 0 Å². The van der Waals surface area contributed by atoms with Crippen molar-refractivity contribution in [2.24, 2.45) is 5.73 Å². The van der Waals surface area contributed by atoms with Crippen LogP contribution in [0.25, 0.3) is 0 Å². The van der Waals surface area contributed by atoms with Crippen molar-refractivity contribution in [3.05, 3.63) is 40.5 Å². The Kier molecular flexibility index (Phi) is 4.96.